The topological polar surface area (TPSA) is 57.6 Å². The first-order chi connectivity index (χ1) is 8.97. The van der Waals surface area contributed by atoms with Crippen LogP contribution >= 0.6 is 31.9 Å². The average Bonchev–Trinajstić information content (AvgIpc) is 2.66. The van der Waals surface area contributed by atoms with Crippen LogP contribution in [0.5, 0.6) is 0 Å². The first-order valence-electron chi connectivity index (χ1n) is 5.88. The molecule has 1 amide bonds. The predicted octanol–water partition coefficient (Wildman–Crippen LogP) is 2.96. The number of amides is 1. The summed E-state index contributed by atoms with van der Waals surface area (Å²) in [6, 6.07) is 7.02. The molecule has 0 radical (unpaired) electrons. The maximum Gasteiger partial charge on any atom is 0.305 e. The van der Waals surface area contributed by atoms with Crippen molar-refractivity contribution in [1.82, 2.24) is 4.90 Å². The molecule has 102 valence electrons. The molecule has 1 fully saturated rings. The molecule has 1 aliphatic rings. The van der Waals surface area contributed by atoms with Crippen LogP contribution in [0.1, 0.15) is 24.4 Å². The lowest BCUT2D eigenvalue weighted by atomic mass is 10.0. The summed E-state index contributed by atoms with van der Waals surface area (Å²) < 4.78 is 0.927. The van der Waals surface area contributed by atoms with Crippen molar-refractivity contribution in [2.75, 3.05) is 6.54 Å². The Morgan fingerprint density at radius 3 is 2.53 bits per heavy atom. The summed E-state index contributed by atoms with van der Waals surface area (Å²) in [5, 5.41) is 9.05. The molecule has 1 aromatic carbocycles. The van der Waals surface area contributed by atoms with Crippen molar-refractivity contribution in [2.45, 2.75) is 23.7 Å². The Morgan fingerprint density at radius 1 is 1.42 bits per heavy atom. The van der Waals surface area contributed by atoms with Gasteiger partial charge in [-0.2, -0.15) is 0 Å². The van der Waals surface area contributed by atoms with Crippen molar-refractivity contribution >= 4 is 43.7 Å². The fourth-order valence-corrected chi connectivity index (χ4v) is 3.10. The lowest BCUT2D eigenvalue weighted by Gasteiger charge is -2.27. The first-order valence-corrected chi connectivity index (χ1v) is 7.59. The van der Waals surface area contributed by atoms with Crippen LogP contribution in [0.4, 0.5) is 0 Å². The monoisotopic (exact) mass is 389 g/mol. The average molecular weight is 391 g/mol. The Kier molecular flexibility index (Phi) is 4.62. The lowest BCUT2D eigenvalue weighted by Crippen LogP contribution is -2.32. The zero-order valence-electron chi connectivity index (χ0n) is 10.1. The molecule has 1 N–H and O–H groups in total. The van der Waals surface area contributed by atoms with E-state index in [1.54, 1.807) is 4.90 Å². The van der Waals surface area contributed by atoms with Gasteiger partial charge in [-0.05, 0) is 17.7 Å². The molecule has 2 rings (SSSR count). The summed E-state index contributed by atoms with van der Waals surface area (Å²) in [5.41, 5.74) is 0.848. The summed E-state index contributed by atoms with van der Waals surface area (Å²) in [6.45, 7) is 0.548. The van der Waals surface area contributed by atoms with Gasteiger partial charge in [-0.15, -0.1) is 0 Å². The van der Waals surface area contributed by atoms with Crippen molar-refractivity contribution in [3.05, 3.63) is 34.3 Å². The number of carboxylic acids is 1. The normalized spacial score (nSPS) is 20.6. The molecule has 1 saturated heterocycles. The van der Waals surface area contributed by atoms with Crippen LogP contribution in [0, 0.1) is 0 Å². The number of carboxylic acid groups (broad SMARTS) is 1. The molecule has 0 aromatic heterocycles. The molecule has 0 bridgehead atoms. The molecule has 0 saturated carbocycles. The highest BCUT2D eigenvalue weighted by molar-refractivity contribution is 9.10. The zero-order chi connectivity index (χ0) is 14.0. The maximum absolute atomic E-state index is 11.9. The second-order valence-electron chi connectivity index (χ2n) is 4.51. The van der Waals surface area contributed by atoms with Gasteiger partial charge >= 0.3 is 5.97 Å². The smallest absolute Gasteiger partial charge is 0.305 e. The van der Waals surface area contributed by atoms with Gasteiger partial charge in [0.1, 0.15) is 0 Å². The fraction of sp³-hybridized carbons (Fsp3) is 0.385. The molecule has 1 aromatic rings. The Hall–Kier alpha value is -0.880. The van der Waals surface area contributed by atoms with E-state index < -0.39 is 12.0 Å². The zero-order valence-corrected chi connectivity index (χ0v) is 13.2. The quantitative estimate of drug-likeness (QED) is 0.804. The minimum absolute atomic E-state index is 0.00366. The molecular formula is C13H13Br2NO3. The number of benzene rings is 1. The van der Waals surface area contributed by atoms with E-state index in [1.807, 2.05) is 24.3 Å². The third kappa shape index (κ3) is 3.57. The Bertz CT molecular complexity index is 489. The molecule has 1 heterocycles. The number of carbonyl (C=O) groups excluding carboxylic acids is 1. The number of hydrogen-bond acceptors (Lipinski definition) is 2. The number of halogens is 2. The SMILES string of the molecule is O=C(O)CC(c1ccc(Br)cc1)N1CC(Br)CC1=O. The van der Waals surface area contributed by atoms with Crippen molar-refractivity contribution in [1.29, 1.82) is 0 Å². The van der Waals surface area contributed by atoms with E-state index in [0.717, 1.165) is 10.0 Å². The largest absolute Gasteiger partial charge is 0.481 e. The summed E-state index contributed by atoms with van der Waals surface area (Å²) in [6.07, 6.45) is 0.347. The van der Waals surface area contributed by atoms with Crippen LogP contribution in [0.2, 0.25) is 0 Å². The van der Waals surface area contributed by atoms with Crippen LogP contribution < -0.4 is 0 Å². The highest BCUT2D eigenvalue weighted by Gasteiger charge is 2.34. The molecule has 4 nitrogen and oxygen atoms in total. The van der Waals surface area contributed by atoms with Crippen LogP contribution in [0.3, 0.4) is 0 Å². The first kappa shape index (κ1) is 14.5. The van der Waals surface area contributed by atoms with Crippen molar-refractivity contribution in [3.63, 3.8) is 0 Å². The lowest BCUT2D eigenvalue weighted by molar-refractivity contribution is -0.139. The summed E-state index contributed by atoms with van der Waals surface area (Å²) in [7, 11) is 0. The maximum atomic E-state index is 11.9. The Labute approximate surface area is 128 Å². The second kappa shape index (κ2) is 6.05. The number of rotatable bonds is 4. The van der Waals surface area contributed by atoms with Crippen molar-refractivity contribution in [3.8, 4) is 0 Å². The molecule has 2 unspecified atom stereocenters. The molecule has 0 aliphatic carbocycles. The Morgan fingerprint density at radius 2 is 2.05 bits per heavy atom. The van der Waals surface area contributed by atoms with Crippen molar-refractivity contribution in [2.24, 2.45) is 0 Å². The number of nitrogens with zero attached hydrogens (tertiary/aromatic N) is 1. The van der Waals surface area contributed by atoms with E-state index in [2.05, 4.69) is 31.9 Å². The van der Waals surface area contributed by atoms with Gasteiger partial charge in [-0.1, -0.05) is 44.0 Å². The standard InChI is InChI=1S/C13H13Br2NO3/c14-9-3-1-8(2-4-9)11(6-13(18)19)16-7-10(15)5-12(16)17/h1-4,10-11H,5-7H2,(H,18,19). The molecule has 2 atom stereocenters. The Balaban J connectivity index is 2.28. The highest BCUT2D eigenvalue weighted by Crippen LogP contribution is 2.31. The third-order valence-electron chi connectivity index (χ3n) is 3.11. The van der Waals surface area contributed by atoms with E-state index in [1.165, 1.54) is 0 Å². The number of hydrogen-bond donors (Lipinski definition) is 1. The van der Waals surface area contributed by atoms with E-state index in [4.69, 9.17) is 5.11 Å². The molecular weight excluding hydrogens is 378 g/mol. The summed E-state index contributed by atoms with van der Waals surface area (Å²) >= 11 is 6.77. The van der Waals surface area contributed by atoms with E-state index in [-0.39, 0.29) is 17.2 Å². The van der Waals surface area contributed by atoms with E-state index >= 15 is 0 Å². The number of carbonyl (C=O) groups is 2. The van der Waals surface area contributed by atoms with Gasteiger partial charge in [0.05, 0.1) is 12.5 Å². The molecule has 6 heteroatoms. The van der Waals surface area contributed by atoms with Gasteiger partial charge in [-0.25, -0.2) is 0 Å². The number of aliphatic carboxylic acids is 1. The minimum atomic E-state index is -0.904. The highest BCUT2D eigenvalue weighted by atomic mass is 79.9. The van der Waals surface area contributed by atoms with Crippen LogP contribution in [0.15, 0.2) is 28.7 Å². The minimum Gasteiger partial charge on any atom is -0.481 e. The molecule has 19 heavy (non-hydrogen) atoms. The van der Waals surface area contributed by atoms with E-state index in [9.17, 15) is 9.59 Å². The summed E-state index contributed by atoms with van der Waals surface area (Å²) in [4.78, 5) is 24.7. The molecule has 0 spiro atoms. The van der Waals surface area contributed by atoms with Crippen LogP contribution in [0.25, 0.3) is 0 Å². The predicted molar refractivity (Wildman–Crippen MR) is 78.2 cm³/mol. The van der Waals surface area contributed by atoms with Gasteiger partial charge in [0, 0.05) is 22.3 Å². The summed E-state index contributed by atoms with van der Waals surface area (Å²) in [5.74, 6) is -0.908. The van der Waals surface area contributed by atoms with Crippen molar-refractivity contribution < 1.29 is 14.7 Å². The van der Waals surface area contributed by atoms with E-state index in [0.29, 0.717) is 13.0 Å². The third-order valence-corrected chi connectivity index (χ3v) is 4.25. The molecule has 1 aliphatic heterocycles. The van der Waals surface area contributed by atoms with Gasteiger partial charge < -0.3 is 10.0 Å². The van der Waals surface area contributed by atoms with Crippen LogP contribution in [-0.4, -0.2) is 33.3 Å². The van der Waals surface area contributed by atoms with Gasteiger partial charge in [0.2, 0.25) is 5.91 Å². The van der Waals surface area contributed by atoms with Gasteiger partial charge in [0.15, 0.2) is 0 Å². The number of likely N-dealkylation sites (tertiary alicyclic amines) is 1. The number of alkyl halides is 1. The van der Waals surface area contributed by atoms with Gasteiger partial charge in [-0.3, -0.25) is 9.59 Å². The second-order valence-corrected chi connectivity index (χ2v) is 6.72. The van der Waals surface area contributed by atoms with Gasteiger partial charge in [0.25, 0.3) is 0 Å². The van der Waals surface area contributed by atoms with Crippen LogP contribution in [-0.2, 0) is 9.59 Å². The fourth-order valence-electron chi connectivity index (χ4n) is 2.25.